The molecule has 3 aromatic rings. The first kappa shape index (κ1) is 17.1. The third-order valence-electron chi connectivity index (χ3n) is 4.67. The fourth-order valence-corrected chi connectivity index (χ4v) is 3.96. The Morgan fingerprint density at radius 3 is 2.73 bits per heavy atom. The molecular formula is C20H21N3O2S. The van der Waals surface area contributed by atoms with Crippen LogP contribution in [0, 0.1) is 13.8 Å². The zero-order chi connectivity index (χ0) is 18.1. The van der Waals surface area contributed by atoms with Gasteiger partial charge in [0.15, 0.2) is 5.78 Å². The van der Waals surface area contributed by atoms with Gasteiger partial charge in [-0.1, -0.05) is 42.1 Å². The van der Waals surface area contributed by atoms with E-state index in [4.69, 9.17) is 4.42 Å². The maximum atomic E-state index is 12.6. The Morgan fingerprint density at radius 1 is 1.23 bits per heavy atom. The first-order valence-electron chi connectivity index (χ1n) is 8.82. The maximum absolute atomic E-state index is 12.6. The maximum Gasteiger partial charge on any atom is 0.277 e. The third kappa shape index (κ3) is 3.60. The number of thioether (sulfide) groups is 1. The van der Waals surface area contributed by atoms with E-state index in [2.05, 4.69) is 21.7 Å². The minimum Gasteiger partial charge on any atom is -0.416 e. The van der Waals surface area contributed by atoms with E-state index in [0.717, 1.165) is 16.8 Å². The summed E-state index contributed by atoms with van der Waals surface area (Å²) in [6, 6.07) is 12.6. The van der Waals surface area contributed by atoms with Gasteiger partial charge in [0.2, 0.25) is 5.89 Å². The van der Waals surface area contributed by atoms with E-state index in [1.807, 2.05) is 43.3 Å². The second-order valence-electron chi connectivity index (χ2n) is 6.72. The first-order valence-corrected chi connectivity index (χ1v) is 9.81. The number of aromatic nitrogens is 3. The smallest absolute Gasteiger partial charge is 0.277 e. The van der Waals surface area contributed by atoms with Gasteiger partial charge in [-0.3, -0.25) is 4.79 Å². The molecule has 1 aliphatic rings. The van der Waals surface area contributed by atoms with E-state index in [9.17, 15) is 4.79 Å². The van der Waals surface area contributed by atoms with E-state index in [1.165, 1.54) is 30.3 Å². The minimum absolute atomic E-state index is 0.109. The van der Waals surface area contributed by atoms with Gasteiger partial charge in [0.1, 0.15) is 0 Å². The van der Waals surface area contributed by atoms with E-state index in [0.29, 0.717) is 29.3 Å². The number of carbonyl (C=O) groups excluding carboxylic acids is 1. The number of rotatable bonds is 7. The monoisotopic (exact) mass is 367 g/mol. The fourth-order valence-electron chi connectivity index (χ4n) is 3.30. The summed E-state index contributed by atoms with van der Waals surface area (Å²) >= 11 is 1.30. The predicted molar refractivity (Wildman–Crippen MR) is 101 cm³/mol. The number of hydrogen-bond donors (Lipinski definition) is 0. The molecule has 0 N–H and O–H groups in total. The molecule has 2 aromatic heterocycles. The van der Waals surface area contributed by atoms with Crippen LogP contribution in [-0.2, 0) is 6.42 Å². The molecule has 26 heavy (non-hydrogen) atoms. The Kier molecular flexibility index (Phi) is 4.68. The zero-order valence-electron chi connectivity index (χ0n) is 14.9. The average Bonchev–Trinajstić information content (AvgIpc) is 3.29. The second-order valence-corrected chi connectivity index (χ2v) is 7.65. The molecule has 0 saturated heterocycles. The molecule has 1 aliphatic carbocycles. The van der Waals surface area contributed by atoms with Gasteiger partial charge in [0, 0.05) is 23.0 Å². The number of Topliss-reactive ketones (excluding diaryl/α,β-unsaturated/α-hetero) is 1. The van der Waals surface area contributed by atoms with Crippen LogP contribution in [0.4, 0.5) is 0 Å². The lowest BCUT2D eigenvalue weighted by Crippen LogP contribution is -2.05. The SMILES string of the molecule is Cc1cc(C(=O)CSc2nnc(Cc3ccccc3)o2)c(C)n1C1CC1. The van der Waals surface area contributed by atoms with E-state index in [1.54, 1.807) is 0 Å². The average molecular weight is 367 g/mol. The summed E-state index contributed by atoms with van der Waals surface area (Å²) in [5.41, 5.74) is 4.18. The molecule has 6 heteroatoms. The van der Waals surface area contributed by atoms with Crippen LogP contribution in [0.5, 0.6) is 0 Å². The summed E-state index contributed by atoms with van der Waals surface area (Å²) in [5, 5.41) is 8.57. The quantitative estimate of drug-likeness (QED) is 0.458. The van der Waals surface area contributed by atoms with Crippen molar-refractivity contribution in [2.45, 2.75) is 44.4 Å². The number of aryl methyl sites for hydroxylation is 1. The summed E-state index contributed by atoms with van der Waals surface area (Å²) in [7, 11) is 0. The molecule has 0 spiro atoms. The van der Waals surface area contributed by atoms with Crippen molar-refractivity contribution in [2.24, 2.45) is 0 Å². The van der Waals surface area contributed by atoms with Crippen LogP contribution >= 0.6 is 11.8 Å². The van der Waals surface area contributed by atoms with Crippen LogP contribution < -0.4 is 0 Å². The number of carbonyl (C=O) groups is 1. The lowest BCUT2D eigenvalue weighted by atomic mass is 10.2. The van der Waals surface area contributed by atoms with Gasteiger partial charge in [-0.05, 0) is 38.3 Å². The van der Waals surface area contributed by atoms with Crippen molar-refractivity contribution in [3.05, 3.63) is 64.8 Å². The molecule has 0 unspecified atom stereocenters. The molecule has 1 saturated carbocycles. The lowest BCUT2D eigenvalue weighted by Gasteiger charge is -2.07. The lowest BCUT2D eigenvalue weighted by molar-refractivity contribution is 0.102. The van der Waals surface area contributed by atoms with Crippen LogP contribution in [-0.4, -0.2) is 26.3 Å². The van der Waals surface area contributed by atoms with E-state index >= 15 is 0 Å². The molecule has 2 heterocycles. The summed E-state index contributed by atoms with van der Waals surface area (Å²) in [6.45, 7) is 4.11. The van der Waals surface area contributed by atoms with Crippen LogP contribution in [0.1, 0.15) is 52.1 Å². The fraction of sp³-hybridized carbons (Fsp3) is 0.350. The Bertz CT molecular complexity index is 926. The van der Waals surface area contributed by atoms with Crippen molar-refractivity contribution < 1.29 is 9.21 Å². The molecule has 1 aromatic carbocycles. The number of nitrogens with zero attached hydrogens (tertiary/aromatic N) is 3. The Balaban J connectivity index is 1.38. The highest BCUT2D eigenvalue weighted by atomic mass is 32.2. The first-order chi connectivity index (χ1) is 12.6. The number of ketones is 1. The molecule has 0 atom stereocenters. The third-order valence-corrected chi connectivity index (χ3v) is 5.49. The highest BCUT2D eigenvalue weighted by Gasteiger charge is 2.28. The number of hydrogen-bond acceptors (Lipinski definition) is 5. The summed E-state index contributed by atoms with van der Waals surface area (Å²) in [6.07, 6.45) is 3.03. The largest absolute Gasteiger partial charge is 0.416 e. The molecule has 0 radical (unpaired) electrons. The second kappa shape index (κ2) is 7.11. The van der Waals surface area contributed by atoms with Gasteiger partial charge in [0.25, 0.3) is 5.22 Å². The van der Waals surface area contributed by atoms with Gasteiger partial charge in [0.05, 0.1) is 12.2 Å². The van der Waals surface area contributed by atoms with Crippen molar-refractivity contribution in [1.82, 2.24) is 14.8 Å². The van der Waals surface area contributed by atoms with Gasteiger partial charge in [-0.2, -0.15) is 0 Å². The van der Waals surface area contributed by atoms with Crippen molar-refractivity contribution in [3.63, 3.8) is 0 Å². The molecular weight excluding hydrogens is 346 g/mol. The van der Waals surface area contributed by atoms with Gasteiger partial charge < -0.3 is 8.98 Å². The van der Waals surface area contributed by atoms with Crippen LogP contribution in [0.15, 0.2) is 46.0 Å². The predicted octanol–water partition coefficient (Wildman–Crippen LogP) is 4.39. The molecule has 5 nitrogen and oxygen atoms in total. The standard InChI is InChI=1S/C20H21N3O2S/c1-13-10-17(14(2)23(13)16-8-9-16)18(24)12-26-20-22-21-19(25-20)11-15-6-4-3-5-7-15/h3-7,10,16H,8-9,11-12H2,1-2H3. The van der Waals surface area contributed by atoms with Crippen LogP contribution in [0.3, 0.4) is 0 Å². The minimum atomic E-state index is 0.109. The van der Waals surface area contributed by atoms with Gasteiger partial charge in [-0.15, -0.1) is 10.2 Å². The highest BCUT2D eigenvalue weighted by Crippen LogP contribution is 2.38. The van der Waals surface area contributed by atoms with Crippen molar-refractivity contribution in [1.29, 1.82) is 0 Å². The normalized spacial score (nSPS) is 13.9. The van der Waals surface area contributed by atoms with Crippen molar-refractivity contribution in [2.75, 3.05) is 5.75 Å². The molecule has 0 amide bonds. The summed E-state index contributed by atoms with van der Waals surface area (Å²) in [5.74, 6) is 0.984. The zero-order valence-corrected chi connectivity index (χ0v) is 15.8. The van der Waals surface area contributed by atoms with Gasteiger partial charge in [-0.25, -0.2) is 0 Å². The van der Waals surface area contributed by atoms with Crippen molar-refractivity contribution in [3.8, 4) is 0 Å². The molecule has 134 valence electrons. The van der Waals surface area contributed by atoms with Crippen LogP contribution in [0.25, 0.3) is 0 Å². The summed E-state index contributed by atoms with van der Waals surface area (Å²) < 4.78 is 7.96. The molecule has 4 rings (SSSR count). The molecule has 0 bridgehead atoms. The Morgan fingerprint density at radius 2 is 2.00 bits per heavy atom. The van der Waals surface area contributed by atoms with E-state index in [-0.39, 0.29) is 5.78 Å². The molecule has 1 fully saturated rings. The van der Waals surface area contributed by atoms with Gasteiger partial charge >= 0.3 is 0 Å². The Hall–Kier alpha value is -2.34. The summed E-state index contributed by atoms with van der Waals surface area (Å²) in [4.78, 5) is 12.6. The van der Waals surface area contributed by atoms with Crippen molar-refractivity contribution >= 4 is 17.5 Å². The highest BCUT2D eigenvalue weighted by molar-refractivity contribution is 7.99. The topological polar surface area (TPSA) is 60.9 Å². The van der Waals surface area contributed by atoms with E-state index < -0.39 is 0 Å². The number of benzene rings is 1. The molecule has 0 aliphatic heterocycles. The Labute approximate surface area is 156 Å². The van der Waals surface area contributed by atoms with Crippen LogP contribution in [0.2, 0.25) is 0 Å².